The molecule has 0 spiro atoms. The summed E-state index contributed by atoms with van der Waals surface area (Å²) < 4.78 is 85.3. The van der Waals surface area contributed by atoms with E-state index in [2.05, 4.69) is 6.92 Å². The van der Waals surface area contributed by atoms with Crippen LogP contribution >= 0.6 is 0 Å². The first-order chi connectivity index (χ1) is 36.7. The molecule has 1 N–H and O–H groups in total. The zero-order valence-electron chi connectivity index (χ0n) is 46.8. The van der Waals surface area contributed by atoms with E-state index in [1.165, 1.54) is 64.2 Å². The van der Waals surface area contributed by atoms with E-state index in [0.29, 0.717) is 6.61 Å². The summed E-state index contributed by atoms with van der Waals surface area (Å²) in [6.07, 6.45) is 2.62. The van der Waals surface area contributed by atoms with E-state index in [-0.39, 0.29) is 46.2 Å². The quantitative estimate of drug-likeness (QED) is 0.0494. The number of esters is 8. The SMILES string of the molecule is CCCCCCCCCCCCCCCCOCC(CO)(COCCOCCO[C@H]1O[C@H](COC(C)=O)[C@@H](OC(C)=O)[C@H](OC(C)=O)[C@@H]1OC(C)=O)CO[C@H]1O[C@H](COC(C)=O)[C@@H](OC(C)=O)[C@H](OC(C)=O)[C@@H]1OC(C)=O. The van der Waals surface area contributed by atoms with Gasteiger partial charge in [-0.05, 0) is 6.42 Å². The lowest BCUT2D eigenvalue weighted by Crippen LogP contribution is -2.63. The molecule has 0 aliphatic carbocycles. The summed E-state index contributed by atoms with van der Waals surface area (Å²) in [6.45, 7) is 9.22. The van der Waals surface area contributed by atoms with Crippen molar-refractivity contribution in [2.75, 3.05) is 72.7 Å². The first-order valence-corrected chi connectivity index (χ1v) is 26.9. The van der Waals surface area contributed by atoms with Crippen LogP contribution in [-0.4, -0.2) is 187 Å². The van der Waals surface area contributed by atoms with Crippen LogP contribution in [0.25, 0.3) is 0 Å². The Labute approximate surface area is 452 Å². The molecule has 0 bridgehead atoms. The maximum Gasteiger partial charge on any atom is 0.303 e. The summed E-state index contributed by atoms with van der Waals surface area (Å²) in [5, 5.41) is 11.0. The normalized spacial score (nSPS) is 23.9. The Balaban J connectivity index is 2.18. The molecule has 11 atom stereocenters. The van der Waals surface area contributed by atoms with Crippen LogP contribution in [0.1, 0.15) is 152 Å². The molecule has 24 heteroatoms. The van der Waals surface area contributed by atoms with Crippen LogP contribution in [0.4, 0.5) is 0 Å². The van der Waals surface area contributed by atoms with Gasteiger partial charge in [0.2, 0.25) is 0 Å². The van der Waals surface area contributed by atoms with E-state index in [9.17, 15) is 43.5 Å². The van der Waals surface area contributed by atoms with Crippen LogP contribution < -0.4 is 0 Å². The Morgan fingerprint density at radius 1 is 0.377 bits per heavy atom. The highest BCUT2D eigenvalue weighted by Crippen LogP contribution is 2.33. The van der Waals surface area contributed by atoms with Crippen molar-refractivity contribution in [1.29, 1.82) is 0 Å². The van der Waals surface area contributed by atoms with Gasteiger partial charge in [0.05, 0.1) is 58.3 Å². The van der Waals surface area contributed by atoms with Crippen molar-refractivity contribution in [3.63, 3.8) is 0 Å². The molecule has 24 nitrogen and oxygen atoms in total. The van der Waals surface area contributed by atoms with Crippen LogP contribution in [0.3, 0.4) is 0 Å². The number of unbranched alkanes of at least 4 members (excludes halogenated alkanes) is 13. The second-order valence-electron chi connectivity index (χ2n) is 19.3. The topological polar surface area (TPSA) is 295 Å². The molecule has 2 aliphatic rings. The Bertz CT molecular complexity index is 1760. The maximum atomic E-state index is 12.5. The third kappa shape index (κ3) is 28.8. The van der Waals surface area contributed by atoms with Crippen molar-refractivity contribution in [2.24, 2.45) is 5.41 Å². The second kappa shape index (κ2) is 38.9. The summed E-state index contributed by atoms with van der Waals surface area (Å²) in [4.78, 5) is 97.2. The van der Waals surface area contributed by atoms with Gasteiger partial charge in [0, 0.05) is 62.0 Å². The first-order valence-electron chi connectivity index (χ1n) is 26.9. The third-order valence-electron chi connectivity index (χ3n) is 12.1. The van der Waals surface area contributed by atoms with Crippen LogP contribution in [0.15, 0.2) is 0 Å². The molecule has 2 rings (SSSR count). The second-order valence-corrected chi connectivity index (χ2v) is 19.3. The van der Waals surface area contributed by atoms with Gasteiger partial charge in [-0.2, -0.15) is 0 Å². The Hall–Kier alpha value is -4.56. The Morgan fingerprint density at radius 2 is 0.714 bits per heavy atom. The fraction of sp³-hybridized carbons (Fsp3) is 0.849. The van der Waals surface area contributed by atoms with Crippen molar-refractivity contribution in [3.05, 3.63) is 0 Å². The van der Waals surface area contributed by atoms with E-state index in [1.54, 1.807) is 0 Å². The van der Waals surface area contributed by atoms with E-state index >= 15 is 0 Å². The molecule has 2 saturated heterocycles. The Morgan fingerprint density at radius 3 is 1.10 bits per heavy atom. The molecular weight excluding hydrogens is 1020 g/mol. The summed E-state index contributed by atoms with van der Waals surface area (Å²) in [7, 11) is 0. The molecule has 0 aromatic rings. The standard InChI is InChI=1S/C53H88O24/c1-10-11-12-13-14-15-16-17-18-19-20-21-22-23-24-64-32-53(31-54,34-69-52-50(75-42(9)62)48(73-40(7)60)46(71-38(5)58)44(77-52)30-68-36(3)56)33-65-26-25-63-27-28-66-51-49(74-41(8)61)47(72-39(6)59)45(70-37(4)57)43(76-51)29-67-35(2)55/h43-52,54H,10-34H2,1-9H3/t43-,44-,45-,46-,47+,48+,49+,50+,51+,52+,53?/m1/s1. The molecule has 2 aliphatic heterocycles. The number of hydrogen-bond donors (Lipinski definition) is 1. The van der Waals surface area contributed by atoms with Crippen molar-refractivity contribution in [3.8, 4) is 0 Å². The molecule has 0 radical (unpaired) electrons. The fourth-order valence-electron chi connectivity index (χ4n) is 8.59. The Kier molecular flexibility index (Phi) is 34.6. The van der Waals surface area contributed by atoms with Gasteiger partial charge in [-0.1, -0.05) is 90.4 Å². The number of aliphatic hydroxyl groups is 1. The van der Waals surface area contributed by atoms with Gasteiger partial charge in [-0.25, -0.2) is 0 Å². The molecular formula is C53H88O24. The minimum Gasteiger partial charge on any atom is -0.463 e. The van der Waals surface area contributed by atoms with Gasteiger partial charge < -0.3 is 76.2 Å². The van der Waals surface area contributed by atoms with E-state index in [0.717, 1.165) is 81.1 Å². The van der Waals surface area contributed by atoms with Gasteiger partial charge in [0.15, 0.2) is 49.2 Å². The van der Waals surface area contributed by atoms with Crippen LogP contribution in [0, 0.1) is 5.41 Å². The van der Waals surface area contributed by atoms with E-state index in [1.807, 2.05) is 0 Å². The number of rotatable bonds is 40. The molecule has 2 heterocycles. The maximum absolute atomic E-state index is 12.5. The lowest BCUT2D eigenvalue weighted by Gasteiger charge is -2.45. The molecule has 0 aromatic heterocycles. The van der Waals surface area contributed by atoms with Crippen molar-refractivity contribution < 1.29 is 115 Å². The highest BCUT2D eigenvalue weighted by Gasteiger charge is 2.54. The molecule has 1 unspecified atom stereocenters. The number of hydrogen-bond acceptors (Lipinski definition) is 24. The zero-order valence-corrected chi connectivity index (χ0v) is 46.8. The third-order valence-corrected chi connectivity index (χ3v) is 12.1. The average Bonchev–Trinajstić information content (AvgIpc) is 3.34. The van der Waals surface area contributed by atoms with Gasteiger partial charge >= 0.3 is 47.8 Å². The van der Waals surface area contributed by atoms with Crippen LogP contribution in [-0.2, 0) is 109 Å². The number of aliphatic hydroxyl groups excluding tert-OH is 1. The summed E-state index contributed by atoms with van der Waals surface area (Å²) >= 11 is 0. The van der Waals surface area contributed by atoms with Crippen molar-refractivity contribution in [1.82, 2.24) is 0 Å². The smallest absolute Gasteiger partial charge is 0.303 e. The lowest BCUT2D eigenvalue weighted by atomic mass is 9.92. The highest BCUT2D eigenvalue weighted by atomic mass is 16.8. The largest absolute Gasteiger partial charge is 0.463 e. The molecule has 0 aromatic carbocycles. The summed E-state index contributed by atoms with van der Waals surface area (Å²) in [5.41, 5.74) is -1.28. The minimum atomic E-state index is -1.53. The predicted molar refractivity (Wildman–Crippen MR) is 268 cm³/mol. The van der Waals surface area contributed by atoms with Crippen LogP contribution in [0.2, 0.25) is 0 Å². The molecule has 77 heavy (non-hydrogen) atoms. The zero-order chi connectivity index (χ0) is 57.2. The van der Waals surface area contributed by atoms with Crippen molar-refractivity contribution in [2.45, 2.75) is 214 Å². The van der Waals surface area contributed by atoms with Gasteiger partial charge in [0.25, 0.3) is 0 Å². The molecule has 0 amide bonds. The lowest BCUT2D eigenvalue weighted by molar-refractivity contribution is -0.315. The molecule has 444 valence electrons. The van der Waals surface area contributed by atoms with Crippen LogP contribution in [0.5, 0.6) is 0 Å². The van der Waals surface area contributed by atoms with Gasteiger partial charge in [-0.15, -0.1) is 0 Å². The summed E-state index contributed by atoms with van der Waals surface area (Å²) in [5.74, 6) is -6.16. The monoisotopic (exact) mass is 1110 g/mol. The van der Waals surface area contributed by atoms with Gasteiger partial charge in [0.1, 0.15) is 25.4 Å². The number of carbonyl (C=O) groups is 8. The molecule has 0 saturated carbocycles. The fourth-order valence-corrected chi connectivity index (χ4v) is 8.59. The molecule has 2 fully saturated rings. The van der Waals surface area contributed by atoms with E-state index < -0.39 is 134 Å². The predicted octanol–water partition coefficient (Wildman–Crippen LogP) is 4.70. The van der Waals surface area contributed by atoms with E-state index in [4.69, 9.17) is 71.1 Å². The summed E-state index contributed by atoms with van der Waals surface area (Å²) in [6, 6.07) is 0. The van der Waals surface area contributed by atoms with Crippen molar-refractivity contribution >= 4 is 47.8 Å². The van der Waals surface area contributed by atoms with Gasteiger partial charge in [-0.3, -0.25) is 38.4 Å². The number of carbonyl (C=O) groups excluding carboxylic acids is 8. The number of ether oxygens (including phenoxy) is 15. The average molecular weight is 1110 g/mol. The minimum absolute atomic E-state index is 0.0100. The first kappa shape index (κ1) is 68.5. The highest BCUT2D eigenvalue weighted by molar-refractivity contribution is 5.70.